The van der Waals surface area contributed by atoms with Gasteiger partial charge >= 0.3 is 9.05 Å². The Morgan fingerprint density at radius 2 is 1.50 bits per heavy atom. The summed E-state index contributed by atoms with van der Waals surface area (Å²) >= 11 is 0. The zero-order chi connectivity index (χ0) is 8.04. The molecule has 0 amide bonds. The van der Waals surface area contributed by atoms with E-state index in [9.17, 15) is 0 Å². The Labute approximate surface area is 65.3 Å². The molecule has 0 saturated carbocycles. The Morgan fingerprint density at radius 3 is 1.60 bits per heavy atom. The van der Waals surface area contributed by atoms with Gasteiger partial charge in [0.25, 0.3) is 0 Å². The van der Waals surface area contributed by atoms with E-state index >= 15 is 0 Å². The van der Waals surface area contributed by atoms with Crippen LogP contribution >= 0.6 is 0 Å². The van der Waals surface area contributed by atoms with Gasteiger partial charge in [-0.3, -0.25) is 0 Å². The Bertz CT molecular complexity index is 77.1. The number of hydrogen-bond donors (Lipinski definition) is 0. The molecule has 0 aliphatic carbocycles. The van der Waals surface area contributed by atoms with Crippen LogP contribution in [0.3, 0.4) is 0 Å². The highest BCUT2D eigenvalue weighted by atomic mass is 28.4. The summed E-state index contributed by atoms with van der Waals surface area (Å²) in [6.07, 6.45) is 0.668. The summed E-state index contributed by atoms with van der Waals surface area (Å²) in [4.78, 5) is 0. The van der Waals surface area contributed by atoms with Crippen molar-refractivity contribution in [3.8, 4) is 0 Å². The largest absolute Gasteiger partial charge is 0.678 e. The van der Waals surface area contributed by atoms with Gasteiger partial charge in [-0.2, -0.15) is 0 Å². The van der Waals surface area contributed by atoms with Gasteiger partial charge in [-0.05, 0) is 0 Å². The van der Waals surface area contributed by atoms with Crippen molar-refractivity contribution in [1.82, 2.24) is 0 Å². The lowest BCUT2D eigenvalue weighted by molar-refractivity contribution is 0.0175. The van der Waals surface area contributed by atoms with Crippen LogP contribution in [0.15, 0.2) is 0 Å². The van der Waals surface area contributed by atoms with Crippen LogP contribution in [0.1, 0.15) is 0 Å². The normalized spacial score (nSPS) is 12.3. The van der Waals surface area contributed by atoms with E-state index in [0.29, 0.717) is 6.23 Å². The molecule has 0 aromatic carbocycles. The Balaban J connectivity index is 3.87. The second-order valence-corrected chi connectivity index (χ2v) is 4.64. The predicted octanol–water partition coefficient (Wildman–Crippen LogP) is -1.30. The number of hydrogen-bond acceptors (Lipinski definition) is 4. The Hall–Kier alpha value is 0.274. The summed E-state index contributed by atoms with van der Waals surface area (Å²) in [5.74, 6) is 0. The molecule has 4 nitrogen and oxygen atoms in total. The average Bonchev–Trinajstić information content (AvgIpc) is 2.01. The maximum atomic E-state index is 5.21. The standard InChI is InChI=1S/C4H14O4Si2/c1-5-10(6-2,7-3)8-4-9/h4H2,1-3,9H3. The van der Waals surface area contributed by atoms with E-state index in [0.717, 1.165) is 10.2 Å². The summed E-state index contributed by atoms with van der Waals surface area (Å²) in [5.41, 5.74) is 0. The SMILES string of the molecule is CO[Si](OC)(OC)OC[SiH3]. The monoisotopic (exact) mass is 182 g/mol. The van der Waals surface area contributed by atoms with Crippen molar-refractivity contribution in [3.63, 3.8) is 0 Å². The van der Waals surface area contributed by atoms with Crippen molar-refractivity contribution >= 4 is 19.3 Å². The molecular weight excluding hydrogens is 168 g/mol. The lowest BCUT2D eigenvalue weighted by Gasteiger charge is -2.21. The van der Waals surface area contributed by atoms with E-state index in [1.807, 2.05) is 0 Å². The molecule has 0 spiro atoms. The molecule has 0 saturated heterocycles. The van der Waals surface area contributed by atoms with Gasteiger partial charge in [-0.15, -0.1) is 0 Å². The third-order valence-corrected chi connectivity index (χ3v) is 4.08. The molecule has 0 rings (SSSR count). The van der Waals surface area contributed by atoms with Crippen LogP contribution in [0.4, 0.5) is 0 Å². The highest BCUT2D eigenvalue weighted by molar-refractivity contribution is 6.53. The first-order chi connectivity index (χ1) is 4.74. The van der Waals surface area contributed by atoms with Gasteiger partial charge in [0.2, 0.25) is 0 Å². The summed E-state index contributed by atoms with van der Waals surface area (Å²) in [5, 5.41) is 0. The van der Waals surface area contributed by atoms with Crippen molar-refractivity contribution in [1.29, 1.82) is 0 Å². The van der Waals surface area contributed by atoms with E-state index in [1.54, 1.807) is 0 Å². The van der Waals surface area contributed by atoms with Gasteiger partial charge < -0.3 is 17.7 Å². The van der Waals surface area contributed by atoms with Gasteiger partial charge in [0.05, 0.1) is 0 Å². The third kappa shape index (κ3) is 2.48. The molecule has 6 heteroatoms. The maximum absolute atomic E-state index is 5.21. The lowest BCUT2D eigenvalue weighted by atomic mass is 11.7. The molecule has 0 aliphatic heterocycles. The van der Waals surface area contributed by atoms with Crippen LogP contribution in [0.5, 0.6) is 0 Å². The second kappa shape index (κ2) is 4.99. The fraction of sp³-hybridized carbons (Fsp3) is 1.00. The smallest absolute Gasteiger partial charge is 0.356 e. The maximum Gasteiger partial charge on any atom is 0.678 e. The third-order valence-electron chi connectivity index (χ3n) is 1.07. The summed E-state index contributed by atoms with van der Waals surface area (Å²) in [6, 6.07) is 0. The zero-order valence-electron chi connectivity index (χ0n) is 6.84. The average molecular weight is 182 g/mol. The first-order valence-electron chi connectivity index (χ1n) is 3.04. The van der Waals surface area contributed by atoms with E-state index in [4.69, 9.17) is 17.7 Å². The van der Waals surface area contributed by atoms with E-state index in [1.165, 1.54) is 21.3 Å². The molecule has 0 N–H and O–H groups in total. The zero-order valence-corrected chi connectivity index (χ0v) is 9.84. The topological polar surface area (TPSA) is 36.9 Å². The highest BCUT2D eigenvalue weighted by Gasteiger charge is 2.41. The fourth-order valence-electron chi connectivity index (χ4n) is 0.604. The molecule has 0 atom stereocenters. The Kier molecular flexibility index (Phi) is 5.13. The van der Waals surface area contributed by atoms with Crippen molar-refractivity contribution in [2.45, 2.75) is 0 Å². The van der Waals surface area contributed by atoms with Crippen LogP contribution < -0.4 is 0 Å². The van der Waals surface area contributed by atoms with Gasteiger partial charge in [-0.25, -0.2) is 0 Å². The molecule has 0 aromatic rings. The van der Waals surface area contributed by atoms with Gasteiger partial charge in [0.1, 0.15) is 0 Å². The first kappa shape index (κ1) is 10.3. The Morgan fingerprint density at radius 1 is 1.10 bits per heavy atom. The minimum atomic E-state index is -2.68. The minimum Gasteiger partial charge on any atom is -0.356 e. The predicted molar refractivity (Wildman–Crippen MR) is 42.7 cm³/mol. The van der Waals surface area contributed by atoms with Crippen LogP contribution in [0.25, 0.3) is 0 Å². The first-order valence-corrected chi connectivity index (χ1v) is 6.08. The van der Waals surface area contributed by atoms with Gasteiger partial charge in [0.15, 0.2) is 0 Å². The molecule has 0 aliphatic rings. The molecule has 0 bridgehead atoms. The van der Waals surface area contributed by atoms with Crippen molar-refractivity contribution < 1.29 is 17.7 Å². The second-order valence-electron chi connectivity index (χ2n) is 1.55. The van der Waals surface area contributed by atoms with Crippen molar-refractivity contribution in [2.75, 3.05) is 27.6 Å². The van der Waals surface area contributed by atoms with E-state index in [-0.39, 0.29) is 0 Å². The molecular formula is C4H14O4Si2. The molecule has 0 unspecified atom stereocenters. The van der Waals surface area contributed by atoms with E-state index < -0.39 is 9.05 Å². The quantitative estimate of drug-likeness (QED) is 0.495. The highest BCUT2D eigenvalue weighted by Crippen LogP contribution is 2.05. The molecule has 0 aromatic heterocycles. The molecule has 62 valence electrons. The molecule has 0 radical (unpaired) electrons. The minimum absolute atomic E-state index is 0.668. The van der Waals surface area contributed by atoms with Gasteiger partial charge in [-0.1, -0.05) is 0 Å². The van der Waals surface area contributed by atoms with Crippen LogP contribution in [-0.2, 0) is 17.7 Å². The summed E-state index contributed by atoms with van der Waals surface area (Å²) in [6.45, 7) is 0. The lowest BCUT2D eigenvalue weighted by Crippen LogP contribution is -2.46. The van der Waals surface area contributed by atoms with Crippen molar-refractivity contribution in [3.05, 3.63) is 0 Å². The molecule has 0 heterocycles. The van der Waals surface area contributed by atoms with Crippen LogP contribution in [0.2, 0.25) is 0 Å². The van der Waals surface area contributed by atoms with Gasteiger partial charge in [0, 0.05) is 37.8 Å². The van der Waals surface area contributed by atoms with Crippen LogP contribution in [0, 0.1) is 0 Å². The fourth-order valence-corrected chi connectivity index (χ4v) is 2.87. The summed E-state index contributed by atoms with van der Waals surface area (Å²) < 4.78 is 20.1. The molecule has 10 heavy (non-hydrogen) atoms. The molecule has 0 fully saturated rings. The summed E-state index contributed by atoms with van der Waals surface area (Å²) in [7, 11) is 2.85. The number of rotatable bonds is 5. The van der Waals surface area contributed by atoms with Crippen molar-refractivity contribution in [2.24, 2.45) is 0 Å². The van der Waals surface area contributed by atoms with Crippen LogP contribution in [-0.4, -0.2) is 46.8 Å². The van der Waals surface area contributed by atoms with E-state index in [2.05, 4.69) is 0 Å².